The van der Waals surface area contributed by atoms with Crippen molar-refractivity contribution < 1.29 is 67.4 Å². The molecule has 0 bridgehead atoms. The van der Waals surface area contributed by atoms with Crippen LogP contribution in [-0.2, 0) is 40.4 Å². The summed E-state index contributed by atoms with van der Waals surface area (Å²) < 4.78 is 131. The third-order valence-electron chi connectivity index (χ3n) is 8.06. The smallest absolute Gasteiger partial charge is 0.339 e. The predicted molar refractivity (Wildman–Crippen MR) is 196 cm³/mol. The van der Waals surface area contributed by atoms with Crippen molar-refractivity contribution >= 4 is 85.6 Å². The lowest BCUT2D eigenvalue weighted by Crippen LogP contribution is -2.27. The Morgan fingerprint density at radius 1 is 0.625 bits per heavy atom. The summed E-state index contributed by atoms with van der Waals surface area (Å²) in [7, 11) is -19.2. The zero-order valence-electron chi connectivity index (χ0n) is 28.7. The molecule has 5 rings (SSSR count). The molecule has 6 N–H and O–H groups in total. The van der Waals surface area contributed by atoms with Gasteiger partial charge in [0.25, 0.3) is 40.4 Å². The first-order valence-electron chi connectivity index (χ1n) is 15.2. The molecule has 0 aromatic heterocycles. The van der Waals surface area contributed by atoms with Gasteiger partial charge >= 0.3 is 5.97 Å². The molecule has 0 aliphatic heterocycles. The van der Waals surface area contributed by atoms with Gasteiger partial charge in [0.2, 0.25) is 0 Å². The van der Waals surface area contributed by atoms with Crippen LogP contribution in [0.2, 0.25) is 0 Å². The number of nitrogens with zero attached hydrogens (tertiary/aromatic N) is 5. The first kappa shape index (κ1) is 41.3. The summed E-state index contributed by atoms with van der Waals surface area (Å²) >= 11 is 0. The summed E-state index contributed by atoms with van der Waals surface area (Å²) in [5, 5.41) is 45.5. The van der Waals surface area contributed by atoms with Crippen LogP contribution in [-0.4, -0.2) is 75.7 Å². The van der Waals surface area contributed by atoms with E-state index in [1.807, 2.05) is 0 Å². The number of hydrogen-bond acceptors (Lipinski definition) is 15. The van der Waals surface area contributed by atoms with Crippen LogP contribution < -0.4 is 4.31 Å². The molecule has 0 amide bonds. The van der Waals surface area contributed by atoms with E-state index in [0.29, 0.717) is 39.7 Å². The van der Waals surface area contributed by atoms with Crippen LogP contribution in [0.3, 0.4) is 0 Å². The lowest BCUT2D eigenvalue weighted by atomic mass is 10.1. The number of hydrogen-bond donors (Lipinski definition) is 6. The predicted octanol–water partition coefficient (Wildman–Crippen LogP) is 5.96. The molecule has 0 fully saturated rings. The van der Waals surface area contributed by atoms with Gasteiger partial charge in [0, 0.05) is 7.05 Å². The fraction of sp³-hybridized carbons (Fsp3) is 0.0938. The second kappa shape index (κ2) is 14.6. The third kappa shape index (κ3) is 8.20. The highest BCUT2D eigenvalue weighted by Gasteiger charge is 2.31. The van der Waals surface area contributed by atoms with Gasteiger partial charge in [-0.05, 0) is 91.0 Å². The molecule has 294 valence electrons. The van der Waals surface area contributed by atoms with Gasteiger partial charge in [-0.3, -0.25) is 18.0 Å². The van der Waals surface area contributed by atoms with Gasteiger partial charge in [-0.1, -0.05) is 12.1 Å². The molecule has 0 saturated heterocycles. The Kier molecular flexibility index (Phi) is 10.8. The highest BCUT2D eigenvalue weighted by atomic mass is 32.2. The normalized spacial score (nSPS) is 12.8. The van der Waals surface area contributed by atoms with Gasteiger partial charge in [0.15, 0.2) is 5.75 Å². The number of rotatable bonds is 11. The second-order valence-corrected chi connectivity index (χ2v) is 18.0. The van der Waals surface area contributed by atoms with Crippen LogP contribution in [0.25, 0.3) is 10.8 Å². The largest absolute Gasteiger partial charge is 0.507 e. The van der Waals surface area contributed by atoms with E-state index in [9.17, 15) is 67.4 Å². The Bertz CT molecular complexity index is 3010. The molecule has 0 radical (unpaired) electrons. The number of benzene rings is 5. The van der Waals surface area contributed by atoms with Crippen molar-refractivity contribution in [3.05, 3.63) is 89.5 Å². The number of anilines is 1. The monoisotopic (exact) mass is 849 g/mol. The summed E-state index contributed by atoms with van der Waals surface area (Å²) in [5.41, 5.74) is -1.75. The molecular formula is C32H27N5O15S4. The lowest BCUT2D eigenvalue weighted by molar-refractivity contribution is 0.0693. The average molecular weight is 850 g/mol. The van der Waals surface area contributed by atoms with E-state index in [4.69, 9.17) is 0 Å². The number of carbonyl (C=O) groups is 1. The van der Waals surface area contributed by atoms with E-state index in [1.165, 1.54) is 37.3 Å². The highest BCUT2D eigenvalue weighted by Crippen LogP contribution is 2.47. The van der Waals surface area contributed by atoms with Crippen molar-refractivity contribution in [2.24, 2.45) is 20.5 Å². The van der Waals surface area contributed by atoms with E-state index in [0.717, 1.165) is 25.2 Å². The zero-order chi connectivity index (χ0) is 41.7. The van der Waals surface area contributed by atoms with Gasteiger partial charge in [0.1, 0.15) is 32.5 Å². The molecular weight excluding hydrogens is 823 g/mol. The number of fused-ring (bicyclic) bond motifs is 1. The molecule has 56 heavy (non-hydrogen) atoms. The quantitative estimate of drug-likeness (QED) is 0.0659. The maximum Gasteiger partial charge on any atom is 0.339 e. The first-order valence-corrected chi connectivity index (χ1v) is 20.9. The lowest BCUT2D eigenvalue weighted by Gasteiger charge is -2.23. The maximum absolute atomic E-state index is 13.8. The Balaban J connectivity index is 1.70. The number of phenols is 2. The van der Waals surface area contributed by atoms with Crippen LogP contribution in [0, 0.1) is 13.8 Å². The van der Waals surface area contributed by atoms with Crippen LogP contribution in [0.15, 0.2) is 113 Å². The Morgan fingerprint density at radius 2 is 1.18 bits per heavy atom. The van der Waals surface area contributed by atoms with E-state index >= 15 is 0 Å². The minimum Gasteiger partial charge on any atom is -0.507 e. The Hall–Kier alpha value is -5.89. The van der Waals surface area contributed by atoms with Crippen molar-refractivity contribution in [2.45, 2.75) is 33.4 Å². The minimum atomic E-state index is -5.32. The summed E-state index contributed by atoms with van der Waals surface area (Å²) in [5.74, 6) is -3.63. The van der Waals surface area contributed by atoms with E-state index < -0.39 is 105 Å². The average Bonchev–Trinajstić information content (AvgIpc) is 3.09. The van der Waals surface area contributed by atoms with Crippen molar-refractivity contribution in [2.75, 3.05) is 11.4 Å². The number of aromatic carboxylic acids is 1. The summed E-state index contributed by atoms with van der Waals surface area (Å²) in [4.78, 5) is 8.25. The molecule has 0 spiro atoms. The summed E-state index contributed by atoms with van der Waals surface area (Å²) in [6.07, 6.45) is 0. The van der Waals surface area contributed by atoms with Crippen LogP contribution in [0.4, 0.5) is 28.4 Å². The van der Waals surface area contributed by atoms with E-state index in [1.54, 1.807) is 6.92 Å². The van der Waals surface area contributed by atoms with Gasteiger partial charge < -0.3 is 15.3 Å². The third-order valence-corrected chi connectivity index (χ3v) is 12.4. The standard InChI is InChI=1S/C32H27N5O15S4/c1-16-11-24(17(2)10-23(16)34-33-22-6-4-5-7-27(22)55(47,48)49)35-36-30-28(56(50,51)52)13-18-12-20(54(44,45)46)15-25(29(18)31(30)39)37(3)53(42,43)19-8-9-26(38)21(14-19)32(40)41/h4-15,38-39H,1-3H3,(H,40,41)(H,44,45,46)(H,47,48,49)(H,50,51,52). The number of azo groups is 2. The van der Waals surface area contributed by atoms with Crippen molar-refractivity contribution in [3.8, 4) is 11.5 Å². The molecule has 5 aromatic rings. The number of carboxylic acids is 1. The van der Waals surface area contributed by atoms with Crippen molar-refractivity contribution in [3.63, 3.8) is 0 Å². The second-order valence-electron chi connectivity index (χ2n) is 11.8. The number of sulfonamides is 1. The van der Waals surface area contributed by atoms with Crippen LogP contribution in [0.1, 0.15) is 21.5 Å². The molecule has 0 atom stereocenters. The molecule has 0 aliphatic rings. The van der Waals surface area contributed by atoms with Crippen LogP contribution in [0.5, 0.6) is 11.5 Å². The fourth-order valence-corrected chi connectivity index (χ4v) is 8.28. The molecule has 5 aromatic carbocycles. The Morgan fingerprint density at radius 3 is 1.73 bits per heavy atom. The number of phenolic OH excluding ortho intramolecular Hbond substituents is 1. The SMILES string of the molecule is Cc1cc(N=Nc2c(S(=O)(=O)O)cc3cc(S(=O)(=O)O)cc(N(C)S(=O)(=O)c4ccc(O)c(C(=O)O)c4)c3c2O)c(C)cc1N=Nc1ccccc1S(=O)(=O)O. The van der Waals surface area contributed by atoms with Crippen molar-refractivity contribution in [1.82, 2.24) is 0 Å². The van der Waals surface area contributed by atoms with Gasteiger partial charge in [0.05, 0.1) is 32.2 Å². The first-order chi connectivity index (χ1) is 25.8. The maximum atomic E-state index is 13.8. The van der Waals surface area contributed by atoms with Gasteiger partial charge in [-0.25, -0.2) is 13.2 Å². The van der Waals surface area contributed by atoms with Crippen LogP contribution >= 0.6 is 0 Å². The number of aromatic hydroxyl groups is 2. The minimum absolute atomic E-state index is 0.0313. The molecule has 24 heteroatoms. The molecule has 0 heterocycles. The summed E-state index contributed by atoms with van der Waals surface area (Å²) in [6.45, 7) is 3.05. The van der Waals surface area contributed by atoms with E-state index in [-0.39, 0.29) is 17.1 Å². The molecule has 0 saturated carbocycles. The molecule has 0 unspecified atom stereocenters. The van der Waals surface area contributed by atoms with Gasteiger partial charge in [-0.2, -0.15) is 35.5 Å². The van der Waals surface area contributed by atoms with Gasteiger partial charge in [-0.15, -0.1) is 10.2 Å². The van der Waals surface area contributed by atoms with Crippen molar-refractivity contribution in [1.29, 1.82) is 0 Å². The molecule has 20 nitrogen and oxygen atoms in total. The fourth-order valence-electron chi connectivity index (χ4n) is 5.23. The number of carboxylic acid groups (broad SMARTS) is 1. The zero-order valence-corrected chi connectivity index (χ0v) is 31.9. The number of aryl methyl sites for hydroxylation is 2. The molecule has 0 aliphatic carbocycles. The van der Waals surface area contributed by atoms with E-state index in [2.05, 4.69) is 20.5 Å². The summed E-state index contributed by atoms with van der Waals surface area (Å²) in [6, 6.07) is 12.2. The topological polar surface area (TPSA) is 328 Å². The Labute approximate surface area is 318 Å². The highest BCUT2D eigenvalue weighted by molar-refractivity contribution is 7.92.